The van der Waals surface area contributed by atoms with Crippen molar-refractivity contribution in [1.82, 2.24) is 10.6 Å². The van der Waals surface area contributed by atoms with Gasteiger partial charge >= 0.3 is 11.9 Å². The summed E-state index contributed by atoms with van der Waals surface area (Å²) in [5, 5.41) is 22.5. The monoisotopic (exact) mass is 679 g/mol. The van der Waals surface area contributed by atoms with Crippen molar-refractivity contribution in [3.63, 3.8) is 0 Å². The topological polar surface area (TPSA) is 142 Å². The lowest BCUT2D eigenvalue weighted by Crippen LogP contribution is -2.47. The number of rotatable bonds is 34. The number of ether oxygens (including phenoxy) is 1. The molecular formula is C39H70N2O7. The zero-order valence-corrected chi connectivity index (χ0v) is 30.5. The maximum absolute atomic E-state index is 12.6. The number of hydrogen-bond acceptors (Lipinski definition) is 6. The van der Waals surface area contributed by atoms with Crippen molar-refractivity contribution in [2.45, 2.75) is 187 Å². The quantitative estimate of drug-likeness (QED) is 0.0304. The van der Waals surface area contributed by atoms with Crippen LogP contribution in [0.2, 0.25) is 0 Å². The molecule has 0 spiro atoms. The van der Waals surface area contributed by atoms with Crippen LogP contribution in [-0.2, 0) is 23.9 Å². The number of nitrogens with one attached hydrogen (secondary N) is 2. The third kappa shape index (κ3) is 30.6. The highest BCUT2D eigenvalue weighted by Crippen LogP contribution is 2.17. The first-order valence-corrected chi connectivity index (χ1v) is 19.2. The summed E-state index contributed by atoms with van der Waals surface area (Å²) in [7, 11) is 0. The number of amides is 2. The van der Waals surface area contributed by atoms with Gasteiger partial charge in [0.1, 0.15) is 12.1 Å². The van der Waals surface area contributed by atoms with Crippen molar-refractivity contribution >= 4 is 23.8 Å². The Balaban J connectivity index is 4.36. The van der Waals surface area contributed by atoms with Gasteiger partial charge in [0.25, 0.3) is 0 Å². The fourth-order valence-corrected chi connectivity index (χ4v) is 5.46. The molecular weight excluding hydrogens is 608 g/mol. The Kier molecular flexibility index (Phi) is 32.3. The fourth-order valence-electron chi connectivity index (χ4n) is 5.46. The summed E-state index contributed by atoms with van der Waals surface area (Å²) in [6.45, 7) is 3.42. The van der Waals surface area contributed by atoms with Crippen LogP contribution in [0.5, 0.6) is 0 Å². The Bertz CT molecular complexity index is 874. The van der Waals surface area contributed by atoms with Crippen molar-refractivity contribution in [3.05, 3.63) is 24.3 Å². The molecule has 2 amide bonds. The number of carboxylic acids is 1. The van der Waals surface area contributed by atoms with Gasteiger partial charge in [-0.2, -0.15) is 0 Å². The summed E-state index contributed by atoms with van der Waals surface area (Å²) in [5.41, 5.74) is 0. The van der Waals surface area contributed by atoms with E-state index in [0.29, 0.717) is 12.8 Å². The molecule has 9 nitrogen and oxygen atoms in total. The van der Waals surface area contributed by atoms with Gasteiger partial charge in [0, 0.05) is 12.8 Å². The number of carbonyl (C=O) groups excluding carboxylic acids is 3. The molecule has 0 aliphatic heterocycles. The Morgan fingerprint density at radius 2 is 1.15 bits per heavy atom. The molecule has 0 bridgehead atoms. The van der Waals surface area contributed by atoms with Crippen LogP contribution in [0.4, 0.5) is 0 Å². The van der Waals surface area contributed by atoms with E-state index < -0.39 is 24.5 Å². The second-order valence-electron chi connectivity index (χ2n) is 13.0. The first-order chi connectivity index (χ1) is 23.3. The van der Waals surface area contributed by atoms with Gasteiger partial charge in [-0.3, -0.25) is 14.4 Å². The lowest BCUT2D eigenvalue weighted by Gasteiger charge is -2.18. The molecule has 0 heterocycles. The van der Waals surface area contributed by atoms with Gasteiger partial charge in [-0.1, -0.05) is 122 Å². The highest BCUT2D eigenvalue weighted by atomic mass is 16.5. The second kappa shape index (κ2) is 34.2. The number of hydrogen-bond donors (Lipinski definition) is 4. The number of unbranched alkanes of at least 4 members (excludes halogenated alkanes) is 16. The molecule has 0 aromatic heterocycles. The molecule has 0 saturated heterocycles. The molecule has 0 rings (SSSR count). The molecule has 0 aromatic carbocycles. The van der Waals surface area contributed by atoms with Crippen LogP contribution in [-0.4, -0.2) is 59.3 Å². The van der Waals surface area contributed by atoms with E-state index in [0.717, 1.165) is 77.0 Å². The molecule has 2 unspecified atom stereocenters. The van der Waals surface area contributed by atoms with Gasteiger partial charge in [0.05, 0.1) is 13.2 Å². The lowest BCUT2D eigenvalue weighted by atomic mass is 10.0. The lowest BCUT2D eigenvalue weighted by molar-refractivity contribution is -0.150. The van der Waals surface area contributed by atoms with Gasteiger partial charge in [-0.05, 0) is 64.2 Å². The van der Waals surface area contributed by atoms with E-state index >= 15 is 0 Å². The van der Waals surface area contributed by atoms with Gasteiger partial charge < -0.3 is 25.6 Å². The van der Waals surface area contributed by atoms with Crippen molar-refractivity contribution in [2.75, 3.05) is 13.2 Å². The molecule has 0 aliphatic rings. The summed E-state index contributed by atoms with van der Waals surface area (Å²) >= 11 is 0. The second-order valence-corrected chi connectivity index (χ2v) is 13.0. The standard InChI is InChI=1S/C39H70N2O7/c1-3-5-7-9-11-13-14-16-17-20-24-28-34(48-38(45)31-27-23-18-15-12-10-8-6-4-2)29-25-21-19-22-26-30-36(43)40-32-37(44)41-35(33-42)39(46)47/h11,13,16-17,34-35,42H,3-10,12,14-15,18-33H2,1-2H3,(H,40,43)(H,41,44)(H,46,47)/b13-11-,17-16-. The number of carbonyl (C=O) groups is 4. The van der Waals surface area contributed by atoms with E-state index in [1.807, 2.05) is 0 Å². The largest absolute Gasteiger partial charge is 0.480 e. The zero-order valence-electron chi connectivity index (χ0n) is 30.5. The third-order valence-electron chi connectivity index (χ3n) is 8.45. The Morgan fingerprint density at radius 3 is 1.75 bits per heavy atom. The van der Waals surface area contributed by atoms with Crippen molar-refractivity contribution in [2.24, 2.45) is 0 Å². The van der Waals surface area contributed by atoms with E-state index in [9.17, 15) is 19.2 Å². The number of aliphatic hydroxyl groups is 1. The first-order valence-electron chi connectivity index (χ1n) is 19.2. The average molecular weight is 679 g/mol. The normalized spacial score (nSPS) is 12.7. The van der Waals surface area contributed by atoms with E-state index in [-0.39, 0.29) is 30.9 Å². The number of esters is 1. The molecule has 0 saturated carbocycles. The highest BCUT2D eigenvalue weighted by Gasteiger charge is 2.19. The Morgan fingerprint density at radius 1 is 0.625 bits per heavy atom. The fraction of sp³-hybridized carbons (Fsp3) is 0.795. The first kappa shape index (κ1) is 45.3. The van der Waals surface area contributed by atoms with Crippen LogP contribution in [0.1, 0.15) is 174 Å². The minimum Gasteiger partial charge on any atom is -0.480 e. The molecule has 0 fully saturated rings. The van der Waals surface area contributed by atoms with E-state index in [2.05, 4.69) is 48.8 Å². The Hall–Kier alpha value is -2.68. The molecule has 9 heteroatoms. The number of carboxylic acid groups (broad SMARTS) is 1. The van der Waals surface area contributed by atoms with E-state index in [4.69, 9.17) is 14.9 Å². The summed E-state index contributed by atoms with van der Waals surface area (Å²) in [5.74, 6) is -2.33. The molecule has 48 heavy (non-hydrogen) atoms. The smallest absolute Gasteiger partial charge is 0.328 e. The summed E-state index contributed by atoms with van der Waals surface area (Å²) in [6.07, 6.45) is 34.9. The number of allylic oxidation sites excluding steroid dienone is 4. The van der Waals surface area contributed by atoms with Crippen LogP contribution in [0, 0.1) is 0 Å². The summed E-state index contributed by atoms with van der Waals surface area (Å²) in [4.78, 5) is 47.3. The molecule has 2 atom stereocenters. The summed E-state index contributed by atoms with van der Waals surface area (Å²) in [6, 6.07) is -1.38. The van der Waals surface area contributed by atoms with Crippen LogP contribution in [0.15, 0.2) is 24.3 Å². The Labute approximate surface area is 292 Å². The van der Waals surface area contributed by atoms with Crippen molar-refractivity contribution in [1.29, 1.82) is 0 Å². The van der Waals surface area contributed by atoms with E-state index in [1.165, 1.54) is 64.2 Å². The van der Waals surface area contributed by atoms with Crippen LogP contribution in [0.25, 0.3) is 0 Å². The highest BCUT2D eigenvalue weighted by molar-refractivity contribution is 5.87. The summed E-state index contributed by atoms with van der Waals surface area (Å²) < 4.78 is 5.96. The minimum absolute atomic E-state index is 0.0496. The van der Waals surface area contributed by atoms with Crippen molar-refractivity contribution in [3.8, 4) is 0 Å². The third-order valence-corrected chi connectivity index (χ3v) is 8.45. The van der Waals surface area contributed by atoms with Gasteiger partial charge in [0.15, 0.2) is 0 Å². The maximum atomic E-state index is 12.6. The van der Waals surface area contributed by atoms with Crippen LogP contribution >= 0.6 is 0 Å². The van der Waals surface area contributed by atoms with E-state index in [1.54, 1.807) is 0 Å². The maximum Gasteiger partial charge on any atom is 0.328 e. The molecule has 0 aromatic rings. The van der Waals surface area contributed by atoms with Crippen LogP contribution in [0.3, 0.4) is 0 Å². The van der Waals surface area contributed by atoms with Gasteiger partial charge in [-0.15, -0.1) is 0 Å². The SMILES string of the molecule is CCCCC/C=C\C/C=C\CCCC(CCCCCCCC(=O)NCC(=O)NC(CO)C(=O)O)OC(=O)CCCCCCCCCCC. The minimum atomic E-state index is -1.38. The predicted octanol–water partition coefficient (Wildman–Crippen LogP) is 8.48. The van der Waals surface area contributed by atoms with Gasteiger partial charge in [0.2, 0.25) is 11.8 Å². The molecule has 4 N–H and O–H groups in total. The molecule has 0 radical (unpaired) electrons. The number of aliphatic hydroxyl groups excluding tert-OH is 1. The number of aliphatic carboxylic acids is 1. The average Bonchev–Trinajstić information content (AvgIpc) is 3.07. The van der Waals surface area contributed by atoms with Gasteiger partial charge in [-0.25, -0.2) is 4.79 Å². The molecule has 278 valence electrons. The van der Waals surface area contributed by atoms with Crippen LogP contribution < -0.4 is 10.6 Å². The predicted molar refractivity (Wildman–Crippen MR) is 195 cm³/mol. The molecule has 0 aliphatic carbocycles. The van der Waals surface area contributed by atoms with Crippen molar-refractivity contribution < 1.29 is 34.1 Å². The zero-order chi connectivity index (χ0) is 35.5.